The van der Waals surface area contributed by atoms with E-state index in [0.29, 0.717) is 6.42 Å². The molecule has 1 saturated heterocycles. The van der Waals surface area contributed by atoms with Gasteiger partial charge in [0.05, 0.1) is 5.69 Å². The zero-order chi connectivity index (χ0) is 16.2. The molecular weight excluding hydrogens is 286 g/mol. The van der Waals surface area contributed by atoms with Gasteiger partial charge in [-0.15, -0.1) is 0 Å². The van der Waals surface area contributed by atoms with Crippen molar-refractivity contribution in [3.8, 4) is 11.3 Å². The molecule has 2 heterocycles. The van der Waals surface area contributed by atoms with Crippen molar-refractivity contribution in [3.63, 3.8) is 0 Å². The molecule has 122 valence electrons. The fourth-order valence-electron chi connectivity index (χ4n) is 3.22. The van der Waals surface area contributed by atoms with Crippen molar-refractivity contribution in [2.24, 2.45) is 7.05 Å². The summed E-state index contributed by atoms with van der Waals surface area (Å²) in [5.74, 6) is 0.281. The Morgan fingerprint density at radius 2 is 1.83 bits per heavy atom. The lowest BCUT2D eigenvalue weighted by Crippen LogP contribution is -2.35. The fourth-order valence-corrected chi connectivity index (χ4v) is 3.22. The lowest BCUT2D eigenvalue weighted by Gasteiger charge is -2.26. The number of hydrogen-bond acceptors (Lipinski definition) is 2. The van der Waals surface area contributed by atoms with Crippen LogP contribution in [0.4, 0.5) is 0 Å². The SMILES string of the molecule is Cc1ccc(-c2nn(C)cc2CCC(=O)N2CCCCC2)cc1. The maximum absolute atomic E-state index is 12.4. The van der Waals surface area contributed by atoms with Crippen LogP contribution in [0, 0.1) is 6.92 Å². The van der Waals surface area contributed by atoms with Crippen LogP contribution in [0.3, 0.4) is 0 Å². The molecule has 4 nitrogen and oxygen atoms in total. The molecule has 1 aliphatic heterocycles. The first-order chi connectivity index (χ1) is 11.1. The van der Waals surface area contributed by atoms with Gasteiger partial charge in [0.1, 0.15) is 0 Å². The van der Waals surface area contributed by atoms with Crippen molar-refractivity contribution < 1.29 is 4.79 Å². The number of carbonyl (C=O) groups excluding carboxylic acids is 1. The Kier molecular flexibility index (Phi) is 4.79. The zero-order valence-corrected chi connectivity index (χ0v) is 14.1. The van der Waals surface area contributed by atoms with Gasteiger partial charge >= 0.3 is 0 Å². The third-order valence-electron chi connectivity index (χ3n) is 4.55. The van der Waals surface area contributed by atoms with Gasteiger partial charge in [-0.3, -0.25) is 9.48 Å². The molecular formula is C19H25N3O. The van der Waals surface area contributed by atoms with Crippen LogP contribution in [0.25, 0.3) is 11.3 Å². The summed E-state index contributed by atoms with van der Waals surface area (Å²) in [6.45, 7) is 3.94. The first-order valence-electron chi connectivity index (χ1n) is 8.51. The van der Waals surface area contributed by atoms with Crippen LogP contribution < -0.4 is 0 Å². The number of hydrogen-bond donors (Lipinski definition) is 0. The third-order valence-corrected chi connectivity index (χ3v) is 4.55. The maximum atomic E-state index is 12.4. The van der Waals surface area contributed by atoms with Gasteiger partial charge in [-0.25, -0.2) is 0 Å². The van der Waals surface area contributed by atoms with Gasteiger partial charge in [-0.2, -0.15) is 5.10 Å². The molecule has 1 aliphatic rings. The van der Waals surface area contributed by atoms with Gasteiger partial charge in [-0.05, 0) is 38.2 Å². The Labute approximate surface area is 138 Å². The van der Waals surface area contributed by atoms with Crippen LogP contribution in [0.5, 0.6) is 0 Å². The Hall–Kier alpha value is -2.10. The minimum Gasteiger partial charge on any atom is -0.343 e. The maximum Gasteiger partial charge on any atom is 0.222 e. The molecule has 0 unspecified atom stereocenters. The minimum atomic E-state index is 0.281. The number of amides is 1. The second kappa shape index (κ2) is 6.99. The highest BCUT2D eigenvalue weighted by Crippen LogP contribution is 2.24. The lowest BCUT2D eigenvalue weighted by molar-refractivity contribution is -0.132. The van der Waals surface area contributed by atoms with E-state index in [-0.39, 0.29) is 5.91 Å². The van der Waals surface area contributed by atoms with Crippen LogP contribution in [0.1, 0.15) is 36.8 Å². The van der Waals surface area contributed by atoms with E-state index in [1.165, 1.54) is 12.0 Å². The van der Waals surface area contributed by atoms with Gasteiger partial charge in [0.2, 0.25) is 5.91 Å². The number of nitrogens with zero attached hydrogens (tertiary/aromatic N) is 3. The normalized spacial score (nSPS) is 15.0. The molecule has 0 saturated carbocycles. The molecule has 0 aliphatic carbocycles. The molecule has 3 rings (SSSR count). The second-order valence-corrected chi connectivity index (χ2v) is 6.48. The van der Waals surface area contributed by atoms with Crippen LogP contribution in [0.15, 0.2) is 30.5 Å². The Morgan fingerprint density at radius 1 is 1.13 bits per heavy atom. The molecule has 1 aromatic heterocycles. The minimum absolute atomic E-state index is 0.281. The summed E-state index contributed by atoms with van der Waals surface area (Å²) in [6.07, 6.45) is 6.92. The van der Waals surface area contributed by atoms with Gasteiger partial charge in [0, 0.05) is 38.3 Å². The standard InChI is InChI=1S/C19H25N3O/c1-15-6-8-16(9-7-15)19-17(14-21(2)20-19)10-11-18(23)22-12-4-3-5-13-22/h6-9,14H,3-5,10-13H2,1-2H3. The first kappa shape index (κ1) is 15.8. The molecule has 0 atom stereocenters. The lowest BCUT2D eigenvalue weighted by atomic mass is 10.0. The van der Waals surface area contributed by atoms with Gasteiger partial charge in [-0.1, -0.05) is 29.8 Å². The molecule has 1 fully saturated rings. The van der Waals surface area contributed by atoms with E-state index in [9.17, 15) is 4.79 Å². The Morgan fingerprint density at radius 3 is 2.52 bits per heavy atom. The molecule has 1 aromatic carbocycles. The summed E-state index contributed by atoms with van der Waals surface area (Å²) >= 11 is 0. The zero-order valence-electron chi connectivity index (χ0n) is 14.1. The van der Waals surface area contributed by atoms with Gasteiger partial charge < -0.3 is 4.90 Å². The highest BCUT2D eigenvalue weighted by molar-refractivity contribution is 5.77. The largest absolute Gasteiger partial charge is 0.343 e. The number of rotatable bonds is 4. The van der Waals surface area contributed by atoms with Crippen molar-refractivity contribution in [3.05, 3.63) is 41.6 Å². The summed E-state index contributed by atoms with van der Waals surface area (Å²) in [6, 6.07) is 8.42. The van der Waals surface area contributed by atoms with Crippen molar-refractivity contribution in [2.75, 3.05) is 13.1 Å². The number of carbonyl (C=O) groups is 1. The summed E-state index contributed by atoms with van der Waals surface area (Å²) in [7, 11) is 1.94. The van der Waals surface area contributed by atoms with Crippen molar-refractivity contribution in [1.82, 2.24) is 14.7 Å². The summed E-state index contributed by atoms with van der Waals surface area (Å²) in [5.41, 5.74) is 4.52. The van der Waals surface area contributed by atoms with Crippen LogP contribution in [-0.2, 0) is 18.3 Å². The summed E-state index contributed by atoms with van der Waals surface area (Å²) < 4.78 is 1.84. The molecule has 0 bridgehead atoms. The van der Waals surface area contributed by atoms with E-state index in [1.54, 1.807) is 0 Å². The first-order valence-corrected chi connectivity index (χ1v) is 8.51. The van der Waals surface area contributed by atoms with E-state index in [2.05, 4.69) is 36.3 Å². The highest BCUT2D eigenvalue weighted by atomic mass is 16.2. The number of benzene rings is 1. The summed E-state index contributed by atoms with van der Waals surface area (Å²) in [4.78, 5) is 14.4. The predicted octanol–water partition coefficient (Wildman–Crippen LogP) is 3.34. The van der Waals surface area contributed by atoms with Crippen molar-refractivity contribution >= 4 is 5.91 Å². The third kappa shape index (κ3) is 3.81. The van der Waals surface area contributed by atoms with Crippen LogP contribution in [-0.4, -0.2) is 33.7 Å². The molecule has 2 aromatic rings. The molecule has 23 heavy (non-hydrogen) atoms. The van der Waals surface area contributed by atoms with E-state index in [4.69, 9.17) is 0 Å². The van der Waals surface area contributed by atoms with Crippen LogP contribution >= 0.6 is 0 Å². The monoisotopic (exact) mass is 311 g/mol. The van der Waals surface area contributed by atoms with Crippen molar-refractivity contribution in [2.45, 2.75) is 39.0 Å². The average molecular weight is 311 g/mol. The predicted molar refractivity (Wildman–Crippen MR) is 92.1 cm³/mol. The van der Waals surface area contributed by atoms with E-state index in [0.717, 1.165) is 49.2 Å². The molecule has 1 amide bonds. The average Bonchev–Trinajstić information content (AvgIpc) is 2.95. The van der Waals surface area contributed by atoms with E-state index < -0.39 is 0 Å². The number of piperidine rings is 1. The molecule has 0 radical (unpaired) electrons. The quantitative estimate of drug-likeness (QED) is 0.868. The van der Waals surface area contributed by atoms with Crippen molar-refractivity contribution in [1.29, 1.82) is 0 Å². The Bertz CT molecular complexity index is 666. The fraction of sp³-hybridized carbons (Fsp3) is 0.474. The topological polar surface area (TPSA) is 38.1 Å². The van der Waals surface area contributed by atoms with Gasteiger partial charge in [0.25, 0.3) is 0 Å². The van der Waals surface area contributed by atoms with Gasteiger partial charge in [0.15, 0.2) is 0 Å². The summed E-state index contributed by atoms with van der Waals surface area (Å²) in [5, 5.41) is 4.59. The smallest absolute Gasteiger partial charge is 0.222 e. The molecule has 0 spiro atoms. The molecule has 0 N–H and O–H groups in total. The second-order valence-electron chi connectivity index (χ2n) is 6.48. The van der Waals surface area contributed by atoms with Crippen LogP contribution in [0.2, 0.25) is 0 Å². The van der Waals surface area contributed by atoms with E-state index in [1.807, 2.05) is 22.8 Å². The van der Waals surface area contributed by atoms with E-state index >= 15 is 0 Å². The Balaban J connectivity index is 1.70. The molecule has 4 heteroatoms. The highest BCUT2D eigenvalue weighted by Gasteiger charge is 2.18. The number of likely N-dealkylation sites (tertiary alicyclic amines) is 1. The number of aromatic nitrogens is 2. The number of aryl methyl sites for hydroxylation is 3.